The average molecular weight is 282 g/mol. The van der Waals surface area contributed by atoms with Crippen LogP contribution in [0.1, 0.15) is 24.3 Å². The molecule has 1 heterocycles. The largest absolute Gasteiger partial charge is 0.496 e. The van der Waals surface area contributed by atoms with E-state index in [4.69, 9.17) is 9.47 Å². The van der Waals surface area contributed by atoms with Crippen molar-refractivity contribution >= 4 is 5.97 Å². The third kappa shape index (κ3) is 2.92. The second-order valence-electron chi connectivity index (χ2n) is 5.24. The molecule has 0 saturated carbocycles. The monoisotopic (exact) mass is 282 g/mol. The molecule has 0 aromatic heterocycles. The summed E-state index contributed by atoms with van der Waals surface area (Å²) in [5.41, 5.74) is 3.40. The Morgan fingerprint density at radius 3 is 2.62 bits per heavy atom. The zero-order valence-corrected chi connectivity index (χ0v) is 12.0. The minimum atomic E-state index is -0.0944. The van der Waals surface area contributed by atoms with Crippen LogP contribution in [0, 0.1) is 0 Å². The van der Waals surface area contributed by atoms with Crippen molar-refractivity contribution < 1.29 is 14.3 Å². The van der Waals surface area contributed by atoms with E-state index >= 15 is 0 Å². The smallest absolute Gasteiger partial charge is 0.305 e. The number of ether oxygens (including phenoxy) is 2. The predicted octanol–water partition coefficient (Wildman–Crippen LogP) is 3.78. The summed E-state index contributed by atoms with van der Waals surface area (Å²) < 4.78 is 10.7. The molecule has 0 bridgehead atoms. The molecule has 0 N–H and O–H groups in total. The SMILES string of the molecule is COc1ccc([C@@H]2CCC(=O)OC2)cc1-c1ccccc1. The van der Waals surface area contributed by atoms with Crippen molar-refractivity contribution in [3.63, 3.8) is 0 Å². The molecule has 108 valence electrons. The van der Waals surface area contributed by atoms with Crippen LogP contribution in [0.4, 0.5) is 0 Å². The Balaban J connectivity index is 1.95. The van der Waals surface area contributed by atoms with Gasteiger partial charge in [0.05, 0.1) is 13.7 Å². The quantitative estimate of drug-likeness (QED) is 0.804. The first-order valence-corrected chi connectivity index (χ1v) is 7.17. The summed E-state index contributed by atoms with van der Waals surface area (Å²) in [6.45, 7) is 0.472. The summed E-state index contributed by atoms with van der Waals surface area (Å²) in [6.07, 6.45) is 1.34. The third-order valence-corrected chi connectivity index (χ3v) is 3.92. The summed E-state index contributed by atoms with van der Waals surface area (Å²) in [7, 11) is 1.68. The lowest BCUT2D eigenvalue weighted by molar-refractivity contribution is -0.147. The molecule has 2 aromatic rings. The Bertz CT molecular complexity index is 624. The van der Waals surface area contributed by atoms with Gasteiger partial charge in [-0.1, -0.05) is 36.4 Å². The summed E-state index contributed by atoms with van der Waals surface area (Å²) in [6, 6.07) is 16.4. The molecule has 1 atom stereocenters. The Morgan fingerprint density at radius 1 is 1.14 bits per heavy atom. The molecular weight excluding hydrogens is 264 g/mol. The number of carbonyl (C=O) groups excluding carboxylic acids is 1. The molecule has 1 aliphatic heterocycles. The van der Waals surface area contributed by atoms with Gasteiger partial charge in [-0.25, -0.2) is 0 Å². The van der Waals surface area contributed by atoms with Crippen molar-refractivity contribution in [3.05, 3.63) is 54.1 Å². The Labute approximate surface area is 124 Å². The van der Waals surface area contributed by atoms with Crippen molar-refractivity contribution in [2.24, 2.45) is 0 Å². The molecule has 3 rings (SSSR count). The van der Waals surface area contributed by atoms with Crippen molar-refractivity contribution in [1.82, 2.24) is 0 Å². The first kappa shape index (κ1) is 13.7. The van der Waals surface area contributed by atoms with Gasteiger partial charge in [-0.2, -0.15) is 0 Å². The van der Waals surface area contributed by atoms with E-state index in [1.807, 2.05) is 24.3 Å². The van der Waals surface area contributed by atoms with Crippen LogP contribution < -0.4 is 4.74 Å². The molecular formula is C18H18O3. The second kappa shape index (κ2) is 6.00. The van der Waals surface area contributed by atoms with E-state index in [2.05, 4.69) is 24.3 Å². The number of cyclic esters (lactones) is 1. The van der Waals surface area contributed by atoms with Crippen molar-refractivity contribution in [1.29, 1.82) is 0 Å². The van der Waals surface area contributed by atoms with E-state index < -0.39 is 0 Å². The van der Waals surface area contributed by atoms with Gasteiger partial charge in [0.15, 0.2) is 0 Å². The predicted molar refractivity (Wildman–Crippen MR) is 81.4 cm³/mol. The Morgan fingerprint density at radius 2 is 1.95 bits per heavy atom. The highest BCUT2D eigenvalue weighted by Gasteiger charge is 2.22. The van der Waals surface area contributed by atoms with Gasteiger partial charge in [-0.3, -0.25) is 4.79 Å². The molecule has 0 aliphatic carbocycles. The topological polar surface area (TPSA) is 35.5 Å². The highest BCUT2D eigenvalue weighted by Crippen LogP contribution is 2.35. The zero-order valence-electron chi connectivity index (χ0n) is 12.0. The van der Waals surface area contributed by atoms with Crippen molar-refractivity contribution in [3.8, 4) is 16.9 Å². The maximum Gasteiger partial charge on any atom is 0.305 e. The number of methoxy groups -OCH3 is 1. The van der Waals surface area contributed by atoms with Gasteiger partial charge in [0.25, 0.3) is 0 Å². The van der Waals surface area contributed by atoms with Crippen molar-refractivity contribution in [2.45, 2.75) is 18.8 Å². The molecule has 0 spiro atoms. The second-order valence-corrected chi connectivity index (χ2v) is 5.24. The highest BCUT2D eigenvalue weighted by molar-refractivity contribution is 5.72. The fraction of sp³-hybridized carbons (Fsp3) is 0.278. The molecule has 0 radical (unpaired) electrons. The lowest BCUT2D eigenvalue weighted by Gasteiger charge is -2.23. The van der Waals surface area contributed by atoms with Gasteiger partial charge >= 0.3 is 5.97 Å². The number of rotatable bonds is 3. The lowest BCUT2D eigenvalue weighted by atomic mass is 9.90. The van der Waals surface area contributed by atoms with Crippen molar-refractivity contribution in [2.75, 3.05) is 13.7 Å². The van der Waals surface area contributed by atoms with E-state index in [9.17, 15) is 4.79 Å². The van der Waals surface area contributed by atoms with Crippen LogP contribution in [0.3, 0.4) is 0 Å². The van der Waals surface area contributed by atoms with Crippen LogP contribution in [0.15, 0.2) is 48.5 Å². The minimum absolute atomic E-state index is 0.0944. The van der Waals surface area contributed by atoms with Gasteiger partial charge in [0.2, 0.25) is 0 Å². The van der Waals surface area contributed by atoms with Gasteiger partial charge < -0.3 is 9.47 Å². The summed E-state index contributed by atoms with van der Waals surface area (Å²) >= 11 is 0. The van der Waals surface area contributed by atoms with Crippen LogP contribution >= 0.6 is 0 Å². The first-order valence-electron chi connectivity index (χ1n) is 7.17. The van der Waals surface area contributed by atoms with Crippen LogP contribution in [0.5, 0.6) is 5.75 Å². The number of esters is 1. The molecule has 0 unspecified atom stereocenters. The van der Waals surface area contributed by atoms with Gasteiger partial charge in [-0.05, 0) is 29.7 Å². The van der Waals surface area contributed by atoms with Crippen LogP contribution in [-0.4, -0.2) is 19.7 Å². The normalized spacial score (nSPS) is 18.1. The zero-order chi connectivity index (χ0) is 14.7. The summed E-state index contributed by atoms with van der Waals surface area (Å²) in [5, 5.41) is 0. The van der Waals surface area contributed by atoms with Crippen LogP contribution in [-0.2, 0) is 9.53 Å². The molecule has 2 aromatic carbocycles. The fourth-order valence-corrected chi connectivity index (χ4v) is 2.73. The average Bonchev–Trinajstić information content (AvgIpc) is 2.56. The molecule has 3 heteroatoms. The Hall–Kier alpha value is -2.29. The highest BCUT2D eigenvalue weighted by atomic mass is 16.5. The van der Waals surface area contributed by atoms with Gasteiger partial charge in [0, 0.05) is 17.9 Å². The number of hydrogen-bond acceptors (Lipinski definition) is 3. The van der Waals surface area contributed by atoms with E-state index in [0.29, 0.717) is 13.0 Å². The van der Waals surface area contributed by atoms with Crippen LogP contribution in [0.2, 0.25) is 0 Å². The summed E-state index contributed by atoms with van der Waals surface area (Å²) in [4.78, 5) is 11.2. The van der Waals surface area contributed by atoms with Gasteiger partial charge in [0.1, 0.15) is 5.75 Å². The van der Waals surface area contributed by atoms with E-state index in [1.54, 1.807) is 7.11 Å². The minimum Gasteiger partial charge on any atom is -0.496 e. The van der Waals surface area contributed by atoms with Crippen LogP contribution in [0.25, 0.3) is 11.1 Å². The molecule has 21 heavy (non-hydrogen) atoms. The van der Waals surface area contributed by atoms with Gasteiger partial charge in [-0.15, -0.1) is 0 Å². The molecule has 3 nitrogen and oxygen atoms in total. The lowest BCUT2D eigenvalue weighted by Crippen LogP contribution is -2.20. The van der Waals surface area contributed by atoms with E-state index in [-0.39, 0.29) is 11.9 Å². The first-order chi connectivity index (χ1) is 10.3. The summed E-state index contributed by atoms with van der Waals surface area (Å²) in [5.74, 6) is 1.04. The third-order valence-electron chi connectivity index (χ3n) is 3.92. The fourth-order valence-electron chi connectivity index (χ4n) is 2.73. The van der Waals surface area contributed by atoms with E-state index in [1.165, 1.54) is 5.56 Å². The number of carbonyl (C=O) groups is 1. The number of hydrogen-bond donors (Lipinski definition) is 0. The van der Waals surface area contributed by atoms with E-state index in [0.717, 1.165) is 23.3 Å². The molecule has 1 saturated heterocycles. The molecule has 1 fully saturated rings. The molecule has 1 aliphatic rings. The molecule has 0 amide bonds. The number of benzene rings is 2. The Kier molecular flexibility index (Phi) is 3.91. The standard InChI is InChI=1S/C18H18O3/c1-20-17-9-7-14(15-8-10-18(19)21-12-15)11-16(17)13-5-3-2-4-6-13/h2-7,9,11,15H,8,10,12H2,1H3/t15-/m1/s1. The maximum atomic E-state index is 11.2. The maximum absolute atomic E-state index is 11.2.